The lowest BCUT2D eigenvalue weighted by atomic mass is 9.74. The molecule has 0 radical (unpaired) electrons. The van der Waals surface area contributed by atoms with Gasteiger partial charge in [0, 0.05) is 0 Å². The van der Waals surface area contributed by atoms with Crippen molar-refractivity contribution in [3.8, 4) is 0 Å². The van der Waals surface area contributed by atoms with E-state index >= 15 is 0 Å². The summed E-state index contributed by atoms with van der Waals surface area (Å²) in [6.07, 6.45) is 5.21. The topological polar surface area (TPSA) is 18.5 Å². The first-order valence-electron chi connectivity index (χ1n) is 9.06. The molecule has 2 nitrogen and oxygen atoms in total. The summed E-state index contributed by atoms with van der Waals surface area (Å²) in [4.78, 5) is 0. The molecule has 1 aromatic rings. The molecule has 23 heavy (non-hydrogen) atoms. The molecule has 0 atom stereocenters. The highest BCUT2D eigenvalue weighted by atomic mass is 16.7. The highest BCUT2D eigenvalue weighted by Gasteiger charge is 2.52. The van der Waals surface area contributed by atoms with Crippen LogP contribution in [0.1, 0.15) is 78.4 Å². The van der Waals surface area contributed by atoms with Crippen LogP contribution in [0.4, 0.5) is 0 Å². The zero-order chi connectivity index (χ0) is 16.7. The first kappa shape index (κ1) is 15.7. The SMILES string of the molecule is CC1(c2cc(B3OC(C)(C)C(C)(C)O3)cc(C3(C)CC3)c2)CC1. The third-order valence-corrected chi connectivity index (χ3v) is 6.87. The predicted molar refractivity (Wildman–Crippen MR) is 95.3 cm³/mol. The summed E-state index contributed by atoms with van der Waals surface area (Å²) >= 11 is 0. The molecule has 124 valence electrons. The minimum Gasteiger partial charge on any atom is -0.399 e. The molecule has 3 fully saturated rings. The average Bonchev–Trinajstić information content (AvgIpc) is 3.36. The van der Waals surface area contributed by atoms with Crippen molar-refractivity contribution in [3.63, 3.8) is 0 Å². The lowest BCUT2D eigenvalue weighted by molar-refractivity contribution is 0.00578. The fourth-order valence-electron chi connectivity index (χ4n) is 3.42. The molecule has 0 unspecified atom stereocenters. The summed E-state index contributed by atoms with van der Waals surface area (Å²) in [5.74, 6) is 0. The fraction of sp³-hybridized carbons (Fsp3) is 0.700. The second-order valence-corrected chi connectivity index (χ2v) is 9.55. The molecule has 1 aromatic carbocycles. The fourth-order valence-corrected chi connectivity index (χ4v) is 3.42. The van der Waals surface area contributed by atoms with E-state index in [4.69, 9.17) is 9.31 Å². The Labute approximate surface area is 141 Å². The monoisotopic (exact) mass is 312 g/mol. The molecule has 3 heteroatoms. The predicted octanol–water partition coefficient (Wildman–Crippen LogP) is 4.09. The average molecular weight is 312 g/mol. The first-order valence-corrected chi connectivity index (χ1v) is 9.06. The quantitative estimate of drug-likeness (QED) is 0.783. The van der Waals surface area contributed by atoms with Crippen molar-refractivity contribution in [2.75, 3.05) is 0 Å². The van der Waals surface area contributed by atoms with Gasteiger partial charge < -0.3 is 9.31 Å². The second-order valence-electron chi connectivity index (χ2n) is 9.55. The van der Waals surface area contributed by atoms with Gasteiger partial charge in [0.2, 0.25) is 0 Å². The van der Waals surface area contributed by atoms with Gasteiger partial charge in [0.05, 0.1) is 11.2 Å². The van der Waals surface area contributed by atoms with E-state index in [0.29, 0.717) is 10.8 Å². The maximum Gasteiger partial charge on any atom is 0.494 e. The summed E-state index contributed by atoms with van der Waals surface area (Å²) in [6, 6.07) is 7.13. The van der Waals surface area contributed by atoms with Crippen LogP contribution in [0.15, 0.2) is 18.2 Å². The highest BCUT2D eigenvalue weighted by molar-refractivity contribution is 6.62. The maximum absolute atomic E-state index is 6.30. The van der Waals surface area contributed by atoms with E-state index in [9.17, 15) is 0 Å². The smallest absolute Gasteiger partial charge is 0.399 e. The lowest BCUT2D eigenvalue weighted by Gasteiger charge is -2.32. The van der Waals surface area contributed by atoms with Crippen LogP contribution in [0.5, 0.6) is 0 Å². The Morgan fingerprint density at radius 2 is 1.09 bits per heavy atom. The van der Waals surface area contributed by atoms with E-state index in [-0.39, 0.29) is 18.3 Å². The third-order valence-electron chi connectivity index (χ3n) is 6.87. The Bertz CT molecular complexity index is 601. The number of hydrogen-bond acceptors (Lipinski definition) is 2. The molecule has 1 heterocycles. The summed E-state index contributed by atoms with van der Waals surface area (Å²) < 4.78 is 12.6. The molecule has 0 spiro atoms. The number of hydrogen-bond donors (Lipinski definition) is 0. The second kappa shape index (κ2) is 4.43. The summed E-state index contributed by atoms with van der Waals surface area (Å²) in [7, 11) is -0.247. The van der Waals surface area contributed by atoms with Gasteiger partial charge in [-0.1, -0.05) is 32.0 Å². The van der Waals surface area contributed by atoms with Crippen LogP contribution in [0.2, 0.25) is 0 Å². The summed E-state index contributed by atoms with van der Waals surface area (Å²) in [5.41, 5.74) is 4.36. The summed E-state index contributed by atoms with van der Waals surface area (Å²) in [6.45, 7) is 13.3. The van der Waals surface area contributed by atoms with Crippen molar-refractivity contribution in [3.05, 3.63) is 29.3 Å². The van der Waals surface area contributed by atoms with Crippen molar-refractivity contribution in [1.29, 1.82) is 0 Å². The van der Waals surface area contributed by atoms with Crippen LogP contribution in [0, 0.1) is 0 Å². The van der Waals surface area contributed by atoms with E-state index < -0.39 is 0 Å². The molecule has 2 saturated carbocycles. The van der Waals surface area contributed by atoms with Gasteiger partial charge >= 0.3 is 7.12 Å². The van der Waals surface area contributed by atoms with Crippen LogP contribution in [-0.4, -0.2) is 18.3 Å². The van der Waals surface area contributed by atoms with E-state index in [0.717, 1.165) is 0 Å². The van der Waals surface area contributed by atoms with E-state index in [2.05, 4.69) is 59.7 Å². The largest absolute Gasteiger partial charge is 0.494 e. The van der Waals surface area contributed by atoms with Gasteiger partial charge in [0.15, 0.2) is 0 Å². The van der Waals surface area contributed by atoms with Crippen LogP contribution in [0.3, 0.4) is 0 Å². The van der Waals surface area contributed by atoms with Crippen LogP contribution in [0.25, 0.3) is 0 Å². The normalized spacial score (nSPS) is 28.7. The minimum absolute atomic E-state index is 0.247. The number of rotatable bonds is 3. The molecule has 1 saturated heterocycles. The van der Waals surface area contributed by atoms with Crippen LogP contribution in [-0.2, 0) is 20.1 Å². The summed E-state index contributed by atoms with van der Waals surface area (Å²) in [5, 5.41) is 0. The van der Waals surface area contributed by atoms with Gasteiger partial charge in [-0.15, -0.1) is 0 Å². The molecule has 2 aliphatic carbocycles. The van der Waals surface area contributed by atoms with Crippen LogP contribution >= 0.6 is 0 Å². The van der Waals surface area contributed by atoms with Gasteiger partial charge in [0.1, 0.15) is 0 Å². The van der Waals surface area contributed by atoms with Gasteiger partial charge in [-0.25, -0.2) is 0 Å². The minimum atomic E-state index is -0.277. The zero-order valence-electron chi connectivity index (χ0n) is 15.5. The number of benzene rings is 1. The third kappa shape index (κ3) is 2.48. The standard InChI is InChI=1S/C20H29BO2/c1-17(2)18(3,4)23-21(22-17)16-12-14(19(5)7-8-19)11-15(13-16)20(6)9-10-20/h11-13H,7-10H2,1-6H3. The molecular weight excluding hydrogens is 283 g/mol. The molecule has 0 aromatic heterocycles. The Morgan fingerprint density at radius 1 is 0.696 bits per heavy atom. The maximum atomic E-state index is 6.30. The van der Waals surface area contributed by atoms with Crippen molar-refractivity contribution < 1.29 is 9.31 Å². The van der Waals surface area contributed by atoms with Crippen molar-refractivity contribution >= 4 is 12.6 Å². The molecule has 0 N–H and O–H groups in total. The van der Waals surface area contributed by atoms with Gasteiger partial charge in [-0.2, -0.15) is 0 Å². The molecule has 0 amide bonds. The van der Waals surface area contributed by atoms with Gasteiger partial charge in [-0.05, 0) is 80.8 Å². The Morgan fingerprint density at radius 3 is 1.43 bits per heavy atom. The molecule has 3 aliphatic rings. The Balaban J connectivity index is 1.74. The lowest BCUT2D eigenvalue weighted by Crippen LogP contribution is -2.41. The van der Waals surface area contributed by atoms with E-state index in [1.807, 2.05) is 0 Å². The van der Waals surface area contributed by atoms with Crippen molar-refractivity contribution in [2.24, 2.45) is 0 Å². The first-order chi connectivity index (χ1) is 10.5. The van der Waals surface area contributed by atoms with E-state index in [1.165, 1.54) is 42.3 Å². The molecule has 4 rings (SSSR count). The highest BCUT2D eigenvalue weighted by Crippen LogP contribution is 2.51. The van der Waals surface area contributed by atoms with Crippen LogP contribution < -0.4 is 5.46 Å². The van der Waals surface area contributed by atoms with E-state index in [1.54, 1.807) is 0 Å². The molecule has 1 aliphatic heterocycles. The van der Waals surface area contributed by atoms with Gasteiger partial charge in [0.25, 0.3) is 0 Å². The Hall–Kier alpha value is -0.795. The molecule has 0 bridgehead atoms. The molecular formula is C20H29BO2. The van der Waals surface area contributed by atoms with Crippen molar-refractivity contribution in [2.45, 2.75) is 89.3 Å². The van der Waals surface area contributed by atoms with Crippen molar-refractivity contribution in [1.82, 2.24) is 0 Å². The van der Waals surface area contributed by atoms with Gasteiger partial charge in [-0.3, -0.25) is 0 Å². The Kier molecular flexibility index (Phi) is 3.03. The zero-order valence-corrected chi connectivity index (χ0v) is 15.5.